The Morgan fingerprint density at radius 1 is 0.430 bits per heavy atom. The van der Waals surface area contributed by atoms with Crippen molar-refractivity contribution in [3.05, 3.63) is 109 Å². The molecule has 79 heavy (non-hydrogen) atoms. The van der Waals surface area contributed by atoms with Gasteiger partial charge in [-0.1, -0.05) is 239 Å². The highest BCUT2D eigenvalue weighted by molar-refractivity contribution is 5.74. The number of rotatable bonds is 51. The molecule has 0 bridgehead atoms. The molecule has 0 aromatic heterocycles. The Balaban J connectivity index is 2.74. The second kappa shape index (κ2) is 54.0. The molecule has 0 aromatic carbocycles. The van der Waals surface area contributed by atoms with E-state index in [9.17, 15) is 34.5 Å². The fraction of sp³-hybridized carbons (Fsp3) is 0.672. The zero-order chi connectivity index (χ0) is 57.5. The Morgan fingerprint density at radius 2 is 0.823 bits per heavy atom. The van der Waals surface area contributed by atoms with Gasteiger partial charge in [0.15, 0.2) is 24.6 Å². The third-order valence-electron chi connectivity index (χ3n) is 13.4. The molecule has 6 atom stereocenters. The molecule has 0 spiro atoms. The van der Waals surface area contributed by atoms with Crippen molar-refractivity contribution in [3.8, 4) is 0 Å². The first-order chi connectivity index (χ1) is 38.6. The van der Waals surface area contributed by atoms with Crippen LogP contribution in [0.4, 0.5) is 0 Å². The summed E-state index contributed by atoms with van der Waals surface area (Å²) >= 11 is 0. The molecular formula is C67H108O12. The average Bonchev–Trinajstić information content (AvgIpc) is 3.44. The Hall–Kier alpha value is -4.62. The molecule has 1 heterocycles. The normalized spacial score (nSPS) is 18.6. The van der Waals surface area contributed by atoms with E-state index >= 15 is 0 Å². The van der Waals surface area contributed by atoms with E-state index in [-0.39, 0.29) is 25.9 Å². The van der Waals surface area contributed by atoms with Gasteiger partial charge in [-0.05, 0) is 89.9 Å². The van der Waals surface area contributed by atoms with E-state index in [1.54, 1.807) is 0 Å². The van der Waals surface area contributed by atoms with E-state index < -0.39 is 67.3 Å². The van der Waals surface area contributed by atoms with Gasteiger partial charge in [0.1, 0.15) is 18.8 Å². The van der Waals surface area contributed by atoms with Crippen LogP contribution in [0.25, 0.3) is 0 Å². The third kappa shape index (κ3) is 43.8. The molecule has 448 valence electrons. The molecule has 0 aromatic rings. The van der Waals surface area contributed by atoms with E-state index in [0.717, 1.165) is 96.3 Å². The lowest BCUT2D eigenvalue weighted by molar-refractivity contribution is -0.301. The number of carbonyl (C=O) groups is 4. The lowest BCUT2D eigenvalue weighted by Gasteiger charge is -2.40. The third-order valence-corrected chi connectivity index (χ3v) is 13.4. The van der Waals surface area contributed by atoms with Crippen LogP contribution in [0.1, 0.15) is 239 Å². The zero-order valence-electron chi connectivity index (χ0n) is 49.3. The smallest absolute Gasteiger partial charge is 0.335 e. The van der Waals surface area contributed by atoms with E-state index in [1.807, 2.05) is 12.2 Å². The lowest BCUT2D eigenvalue weighted by Crippen LogP contribution is -2.61. The lowest BCUT2D eigenvalue weighted by atomic mass is 9.98. The second-order valence-electron chi connectivity index (χ2n) is 20.6. The number of aliphatic hydroxyl groups is 2. The number of aliphatic hydroxyl groups excluding tert-OH is 2. The molecular weight excluding hydrogens is 997 g/mol. The van der Waals surface area contributed by atoms with Crippen LogP contribution in [0.15, 0.2) is 109 Å². The summed E-state index contributed by atoms with van der Waals surface area (Å²) in [7, 11) is 0. The van der Waals surface area contributed by atoms with Gasteiger partial charge in [-0.25, -0.2) is 4.79 Å². The Morgan fingerprint density at radius 3 is 1.27 bits per heavy atom. The standard InChI is InChI=1S/C67H108O12/c1-4-7-10-13-16-19-22-25-27-29-30-32-33-36-38-41-44-47-50-53-59(68)75-56-58(77-60(69)54-51-48-45-42-40-37-34-31-28-26-23-20-17-14-11-8-5-2)57-76-67-65(63(72)62(71)64(79-67)66(73)74)78-61(70)55-52-49-46-43-39-35-24-21-18-15-12-9-6-3/h7,9-10,12,16,18-19,21,25,27,30,32,35-36,38-39,44,47,58,62-65,67,71-72H,4-6,8,11,13-15,17,20,22-24,26,28-29,31,33-34,37,40-43,45-46,48-57H2,1-3H3,(H,73,74)/b10-7-,12-9-,19-16-,21-18-,27-25-,32-30-,38-36-,39-35-,47-44-. The molecule has 1 saturated heterocycles. The Kier molecular flexibility index (Phi) is 49.5. The molecule has 0 radical (unpaired) electrons. The van der Waals surface area contributed by atoms with E-state index in [4.69, 9.17) is 23.7 Å². The summed E-state index contributed by atoms with van der Waals surface area (Å²) in [5.74, 6) is -3.27. The summed E-state index contributed by atoms with van der Waals surface area (Å²) in [4.78, 5) is 51.2. The predicted molar refractivity (Wildman–Crippen MR) is 321 cm³/mol. The zero-order valence-corrected chi connectivity index (χ0v) is 49.3. The summed E-state index contributed by atoms with van der Waals surface area (Å²) in [6.07, 6.45) is 60.7. The van der Waals surface area contributed by atoms with Crippen molar-refractivity contribution in [2.45, 2.75) is 276 Å². The Labute approximate surface area is 478 Å². The number of carbonyl (C=O) groups excluding carboxylic acids is 3. The van der Waals surface area contributed by atoms with Crippen molar-refractivity contribution in [2.24, 2.45) is 0 Å². The largest absolute Gasteiger partial charge is 0.479 e. The van der Waals surface area contributed by atoms with Crippen LogP contribution in [-0.2, 0) is 42.9 Å². The number of allylic oxidation sites excluding steroid dienone is 18. The summed E-state index contributed by atoms with van der Waals surface area (Å²) in [6, 6.07) is 0. The fourth-order valence-corrected chi connectivity index (χ4v) is 8.70. The van der Waals surface area contributed by atoms with Gasteiger partial charge in [-0.3, -0.25) is 14.4 Å². The number of unbranched alkanes of at least 4 members (excludes halogenated alkanes) is 19. The first-order valence-corrected chi connectivity index (χ1v) is 30.9. The Bertz CT molecular complexity index is 1790. The number of hydrogen-bond acceptors (Lipinski definition) is 11. The van der Waals surface area contributed by atoms with Gasteiger partial charge >= 0.3 is 23.9 Å². The van der Waals surface area contributed by atoms with E-state index in [1.165, 1.54) is 83.5 Å². The molecule has 0 saturated carbocycles. The maximum atomic E-state index is 13.2. The monoisotopic (exact) mass is 1100 g/mol. The van der Waals surface area contributed by atoms with Crippen molar-refractivity contribution in [1.29, 1.82) is 0 Å². The molecule has 6 unspecified atom stereocenters. The van der Waals surface area contributed by atoms with Gasteiger partial charge in [-0.2, -0.15) is 0 Å². The van der Waals surface area contributed by atoms with Crippen LogP contribution in [0.3, 0.4) is 0 Å². The van der Waals surface area contributed by atoms with Crippen LogP contribution >= 0.6 is 0 Å². The van der Waals surface area contributed by atoms with Gasteiger partial charge in [0.2, 0.25) is 0 Å². The number of ether oxygens (including phenoxy) is 5. The minimum Gasteiger partial charge on any atom is -0.479 e. The maximum Gasteiger partial charge on any atom is 0.335 e. The van der Waals surface area contributed by atoms with E-state index in [0.29, 0.717) is 19.3 Å². The highest BCUT2D eigenvalue weighted by Crippen LogP contribution is 2.26. The van der Waals surface area contributed by atoms with Crippen molar-refractivity contribution in [3.63, 3.8) is 0 Å². The number of carboxylic acids is 1. The van der Waals surface area contributed by atoms with Crippen molar-refractivity contribution >= 4 is 23.9 Å². The number of aliphatic carboxylic acids is 1. The summed E-state index contributed by atoms with van der Waals surface area (Å²) in [5.41, 5.74) is 0. The van der Waals surface area contributed by atoms with Crippen molar-refractivity contribution < 1.29 is 58.2 Å². The quantitative estimate of drug-likeness (QED) is 0.0228. The molecule has 12 heteroatoms. The summed E-state index contributed by atoms with van der Waals surface area (Å²) in [6.45, 7) is 5.69. The molecule has 12 nitrogen and oxygen atoms in total. The van der Waals surface area contributed by atoms with Gasteiger partial charge in [0, 0.05) is 19.3 Å². The molecule has 1 rings (SSSR count). The fourth-order valence-electron chi connectivity index (χ4n) is 8.70. The summed E-state index contributed by atoms with van der Waals surface area (Å²) in [5, 5.41) is 31.5. The molecule has 1 aliphatic heterocycles. The predicted octanol–water partition coefficient (Wildman–Crippen LogP) is 16.2. The van der Waals surface area contributed by atoms with E-state index in [2.05, 4.69) is 118 Å². The molecule has 3 N–H and O–H groups in total. The van der Waals surface area contributed by atoms with Crippen molar-refractivity contribution in [1.82, 2.24) is 0 Å². The minimum absolute atomic E-state index is 0.0142. The highest BCUT2D eigenvalue weighted by Gasteiger charge is 2.50. The SMILES string of the molecule is CC/C=C\C/C=C\C/C=C\C/C=C\C/C=C\C/C=C\CCC(=O)OCC(COC1OC(C(=O)O)C(O)C(O)C1OC(=O)CCCCC/C=C\C/C=C\C/C=C\CC)OC(=O)CCCCCCCCCCCCCCCCCCC. The van der Waals surface area contributed by atoms with Gasteiger partial charge in [0.05, 0.1) is 6.61 Å². The number of esters is 3. The van der Waals surface area contributed by atoms with Crippen LogP contribution in [-0.4, -0.2) is 89.2 Å². The highest BCUT2D eigenvalue weighted by atomic mass is 16.7. The average molecular weight is 1110 g/mol. The van der Waals surface area contributed by atoms with Crippen LogP contribution < -0.4 is 0 Å². The molecule has 1 fully saturated rings. The minimum atomic E-state index is -1.93. The van der Waals surface area contributed by atoms with Crippen LogP contribution in [0.2, 0.25) is 0 Å². The van der Waals surface area contributed by atoms with Gasteiger partial charge in [0.25, 0.3) is 0 Å². The van der Waals surface area contributed by atoms with Crippen LogP contribution in [0, 0.1) is 0 Å². The molecule has 0 amide bonds. The summed E-state index contributed by atoms with van der Waals surface area (Å²) < 4.78 is 28.4. The molecule has 0 aliphatic carbocycles. The number of hydrogen-bond donors (Lipinski definition) is 3. The van der Waals surface area contributed by atoms with Crippen molar-refractivity contribution in [2.75, 3.05) is 13.2 Å². The molecule has 1 aliphatic rings. The number of carboxylic acid groups (broad SMARTS) is 1. The van der Waals surface area contributed by atoms with Gasteiger partial charge < -0.3 is 39.0 Å². The van der Waals surface area contributed by atoms with Gasteiger partial charge in [-0.15, -0.1) is 0 Å². The second-order valence-corrected chi connectivity index (χ2v) is 20.6. The first kappa shape index (κ1) is 72.4. The topological polar surface area (TPSA) is 175 Å². The maximum absolute atomic E-state index is 13.2. The van der Waals surface area contributed by atoms with Crippen LogP contribution in [0.5, 0.6) is 0 Å². The first-order valence-electron chi connectivity index (χ1n) is 30.9.